The van der Waals surface area contributed by atoms with Crippen molar-refractivity contribution in [3.05, 3.63) is 28.7 Å². The summed E-state index contributed by atoms with van der Waals surface area (Å²) in [6, 6.07) is 7.86. The van der Waals surface area contributed by atoms with Gasteiger partial charge >= 0.3 is 0 Å². The van der Waals surface area contributed by atoms with E-state index in [1.807, 2.05) is 24.3 Å². The first-order valence-electron chi connectivity index (χ1n) is 6.43. The fraction of sp³-hybridized carbons (Fsp3) is 0.500. The SMILES string of the molecule is CCN(CCOc1ccc(Br)cc1)CC(C)C(N)=S. The molecule has 0 spiro atoms. The highest BCUT2D eigenvalue weighted by Crippen LogP contribution is 2.16. The lowest BCUT2D eigenvalue weighted by Crippen LogP contribution is -2.36. The molecule has 1 aromatic rings. The highest BCUT2D eigenvalue weighted by molar-refractivity contribution is 9.10. The predicted molar refractivity (Wildman–Crippen MR) is 87.7 cm³/mol. The molecule has 0 bridgehead atoms. The van der Waals surface area contributed by atoms with Gasteiger partial charge in [-0.3, -0.25) is 4.90 Å². The van der Waals surface area contributed by atoms with Gasteiger partial charge in [-0.1, -0.05) is 42.0 Å². The van der Waals surface area contributed by atoms with Gasteiger partial charge in [0.2, 0.25) is 0 Å². The van der Waals surface area contributed by atoms with Gasteiger partial charge in [-0.2, -0.15) is 0 Å². The molecule has 19 heavy (non-hydrogen) atoms. The second-order valence-electron chi connectivity index (χ2n) is 4.50. The summed E-state index contributed by atoms with van der Waals surface area (Å²) in [5.41, 5.74) is 5.64. The standard InChI is InChI=1S/C14H21BrN2OS/c1-3-17(10-11(2)14(16)19)8-9-18-13-6-4-12(15)5-7-13/h4-7,11H,3,8-10H2,1-2H3,(H2,16,19). The van der Waals surface area contributed by atoms with Gasteiger partial charge in [0.1, 0.15) is 12.4 Å². The minimum Gasteiger partial charge on any atom is -0.492 e. The molecular weight excluding hydrogens is 324 g/mol. The van der Waals surface area contributed by atoms with Crippen LogP contribution in [0.5, 0.6) is 5.75 Å². The molecule has 0 amide bonds. The van der Waals surface area contributed by atoms with Crippen LogP contribution in [0.2, 0.25) is 0 Å². The van der Waals surface area contributed by atoms with Crippen molar-refractivity contribution in [1.29, 1.82) is 0 Å². The number of hydrogen-bond acceptors (Lipinski definition) is 3. The van der Waals surface area contributed by atoms with Crippen molar-refractivity contribution in [3.63, 3.8) is 0 Å². The minimum atomic E-state index is 0.239. The number of halogens is 1. The van der Waals surface area contributed by atoms with E-state index in [9.17, 15) is 0 Å². The molecule has 1 unspecified atom stereocenters. The fourth-order valence-electron chi connectivity index (χ4n) is 1.68. The number of nitrogens with zero attached hydrogens (tertiary/aromatic N) is 1. The molecule has 0 aliphatic rings. The molecule has 0 heterocycles. The second-order valence-corrected chi connectivity index (χ2v) is 5.89. The van der Waals surface area contributed by atoms with Crippen LogP contribution in [0, 0.1) is 5.92 Å². The zero-order valence-corrected chi connectivity index (χ0v) is 13.8. The molecule has 1 rings (SSSR count). The third kappa shape index (κ3) is 6.36. The van der Waals surface area contributed by atoms with Crippen LogP contribution in [0.4, 0.5) is 0 Å². The van der Waals surface area contributed by atoms with E-state index in [1.54, 1.807) is 0 Å². The molecule has 0 saturated carbocycles. The lowest BCUT2D eigenvalue weighted by molar-refractivity contribution is 0.208. The van der Waals surface area contributed by atoms with Gasteiger partial charge in [0.15, 0.2) is 0 Å². The number of benzene rings is 1. The number of likely N-dealkylation sites (N-methyl/N-ethyl adjacent to an activating group) is 1. The first-order chi connectivity index (χ1) is 9.02. The van der Waals surface area contributed by atoms with Gasteiger partial charge < -0.3 is 10.5 Å². The molecule has 1 aromatic carbocycles. The molecule has 106 valence electrons. The molecule has 0 aromatic heterocycles. The topological polar surface area (TPSA) is 38.5 Å². The molecule has 5 heteroatoms. The summed E-state index contributed by atoms with van der Waals surface area (Å²) in [5.74, 6) is 1.13. The first-order valence-corrected chi connectivity index (χ1v) is 7.63. The Hall–Kier alpha value is -0.650. The lowest BCUT2D eigenvalue weighted by Gasteiger charge is -2.23. The summed E-state index contributed by atoms with van der Waals surface area (Å²) >= 11 is 8.40. The van der Waals surface area contributed by atoms with Crippen LogP contribution in [-0.2, 0) is 0 Å². The summed E-state index contributed by atoms with van der Waals surface area (Å²) < 4.78 is 6.76. The largest absolute Gasteiger partial charge is 0.492 e. The Morgan fingerprint density at radius 1 is 1.42 bits per heavy atom. The highest BCUT2D eigenvalue weighted by atomic mass is 79.9. The molecule has 0 aliphatic heterocycles. The Morgan fingerprint density at radius 3 is 2.58 bits per heavy atom. The third-order valence-electron chi connectivity index (χ3n) is 2.95. The highest BCUT2D eigenvalue weighted by Gasteiger charge is 2.10. The molecule has 0 saturated heterocycles. The Bertz CT molecular complexity index is 397. The van der Waals surface area contributed by atoms with Crippen molar-refractivity contribution in [2.24, 2.45) is 11.7 Å². The molecule has 0 radical (unpaired) electrons. The number of nitrogens with two attached hydrogens (primary N) is 1. The van der Waals surface area contributed by atoms with Crippen LogP contribution < -0.4 is 10.5 Å². The van der Waals surface area contributed by atoms with E-state index in [4.69, 9.17) is 22.7 Å². The predicted octanol–water partition coefficient (Wildman–Crippen LogP) is 3.07. The second kappa shape index (κ2) is 8.51. The summed E-state index contributed by atoms with van der Waals surface area (Å²) in [4.78, 5) is 2.87. The fourth-order valence-corrected chi connectivity index (χ4v) is 2.02. The normalized spacial score (nSPS) is 12.4. The maximum atomic E-state index is 5.71. The van der Waals surface area contributed by atoms with E-state index < -0.39 is 0 Å². The van der Waals surface area contributed by atoms with E-state index >= 15 is 0 Å². The third-order valence-corrected chi connectivity index (χ3v) is 3.89. The van der Waals surface area contributed by atoms with Gasteiger partial charge in [0, 0.05) is 23.5 Å². The molecule has 3 nitrogen and oxygen atoms in total. The number of thiocarbonyl (C=S) groups is 1. The maximum absolute atomic E-state index is 5.71. The summed E-state index contributed by atoms with van der Waals surface area (Å²) in [6.45, 7) is 7.58. The van der Waals surface area contributed by atoms with Crippen LogP contribution in [0.3, 0.4) is 0 Å². The van der Waals surface area contributed by atoms with Gasteiger partial charge in [-0.15, -0.1) is 0 Å². The number of rotatable bonds is 8. The Kier molecular flexibility index (Phi) is 7.34. The van der Waals surface area contributed by atoms with Crippen molar-refractivity contribution < 1.29 is 4.74 Å². The van der Waals surface area contributed by atoms with Crippen LogP contribution in [-0.4, -0.2) is 36.1 Å². The molecule has 0 fully saturated rings. The molecule has 0 aliphatic carbocycles. The number of hydrogen-bond donors (Lipinski definition) is 1. The molecule has 2 N–H and O–H groups in total. The Morgan fingerprint density at radius 2 is 2.05 bits per heavy atom. The average Bonchev–Trinajstić information content (AvgIpc) is 2.39. The van der Waals surface area contributed by atoms with Crippen molar-refractivity contribution in [2.75, 3.05) is 26.2 Å². The van der Waals surface area contributed by atoms with E-state index in [0.29, 0.717) is 11.6 Å². The first kappa shape index (κ1) is 16.4. The summed E-state index contributed by atoms with van der Waals surface area (Å²) in [7, 11) is 0. The van der Waals surface area contributed by atoms with E-state index in [-0.39, 0.29) is 5.92 Å². The van der Waals surface area contributed by atoms with Crippen molar-refractivity contribution >= 4 is 33.1 Å². The van der Waals surface area contributed by atoms with E-state index in [2.05, 4.69) is 34.7 Å². The van der Waals surface area contributed by atoms with Crippen molar-refractivity contribution in [2.45, 2.75) is 13.8 Å². The zero-order valence-electron chi connectivity index (χ0n) is 11.4. The molecule has 1 atom stereocenters. The minimum absolute atomic E-state index is 0.239. The quantitative estimate of drug-likeness (QED) is 0.735. The van der Waals surface area contributed by atoms with Gasteiger partial charge in [-0.25, -0.2) is 0 Å². The van der Waals surface area contributed by atoms with Crippen LogP contribution in [0.25, 0.3) is 0 Å². The summed E-state index contributed by atoms with van der Waals surface area (Å²) in [6.07, 6.45) is 0. The average molecular weight is 345 g/mol. The Balaban J connectivity index is 2.33. The van der Waals surface area contributed by atoms with E-state index in [0.717, 1.165) is 29.9 Å². The van der Waals surface area contributed by atoms with Crippen LogP contribution in [0.15, 0.2) is 28.7 Å². The van der Waals surface area contributed by atoms with Crippen LogP contribution >= 0.6 is 28.1 Å². The maximum Gasteiger partial charge on any atom is 0.119 e. The smallest absolute Gasteiger partial charge is 0.119 e. The van der Waals surface area contributed by atoms with Gasteiger partial charge in [-0.05, 0) is 30.8 Å². The van der Waals surface area contributed by atoms with E-state index in [1.165, 1.54) is 0 Å². The number of ether oxygens (including phenoxy) is 1. The molecular formula is C14H21BrN2OS. The monoisotopic (exact) mass is 344 g/mol. The zero-order chi connectivity index (χ0) is 14.3. The van der Waals surface area contributed by atoms with Gasteiger partial charge in [0.05, 0.1) is 4.99 Å². The Labute approximate surface area is 129 Å². The summed E-state index contributed by atoms with van der Waals surface area (Å²) in [5, 5.41) is 0. The lowest BCUT2D eigenvalue weighted by atomic mass is 10.1. The van der Waals surface area contributed by atoms with Crippen LogP contribution in [0.1, 0.15) is 13.8 Å². The van der Waals surface area contributed by atoms with Crippen molar-refractivity contribution in [3.8, 4) is 5.75 Å². The van der Waals surface area contributed by atoms with Crippen molar-refractivity contribution in [1.82, 2.24) is 4.90 Å². The van der Waals surface area contributed by atoms with Gasteiger partial charge in [0.25, 0.3) is 0 Å².